The molecule has 11 rings (SSSR count). The minimum Gasteiger partial charge on any atom is -0.309 e. The SMILES string of the molecule is C1=CC(c2cccc3c2sc2ccccc23)=CC(c2cccc(-n3c4ccc(-n5c6ccccc6c6ccccc65)cc4c4ncccc43)c2)C1. The van der Waals surface area contributed by atoms with E-state index in [0.717, 1.165) is 39.7 Å². The summed E-state index contributed by atoms with van der Waals surface area (Å²) in [6, 6.07) is 53.1. The number of rotatable bonds is 4. The van der Waals surface area contributed by atoms with Gasteiger partial charge in [-0.3, -0.25) is 4.98 Å². The molecule has 1 atom stereocenters. The summed E-state index contributed by atoms with van der Waals surface area (Å²) in [4.78, 5) is 4.95. The Morgan fingerprint density at radius 1 is 0.549 bits per heavy atom. The van der Waals surface area contributed by atoms with Crippen LogP contribution in [0.1, 0.15) is 23.5 Å². The lowest BCUT2D eigenvalue weighted by molar-refractivity contribution is 0.855. The zero-order valence-corrected chi connectivity index (χ0v) is 28.5. The van der Waals surface area contributed by atoms with E-state index in [0.29, 0.717) is 0 Å². The van der Waals surface area contributed by atoms with E-state index < -0.39 is 0 Å². The van der Waals surface area contributed by atoms with Crippen molar-refractivity contribution in [2.75, 3.05) is 0 Å². The number of para-hydroxylation sites is 2. The molecule has 0 bridgehead atoms. The van der Waals surface area contributed by atoms with Crippen molar-refractivity contribution in [3.8, 4) is 11.4 Å². The van der Waals surface area contributed by atoms with Gasteiger partial charge in [0.15, 0.2) is 0 Å². The van der Waals surface area contributed by atoms with E-state index in [9.17, 15) is 0 Å². The average Bonchev–Trinajstić information content (AvgIpc) is 3.86. The predicted molar refractivity (Wildman–Crippen MR) is 217 cm³/mol. The normalized spacial score (nSPS) is 14.8. The lowest BCUT2D eigenvalue weighted by atomic mass is 9.87. The maximum Gasteiger partial charge on any atom is 0.0964 e. The van der Waals surface area contributed by atoms with Crippen LogP contribution in [0.4, 0.5) is 0 Å². The molecule has 240 valence electrons. The van der Waals surface area contributed by atoms with Crippen molar-refractivity contribution in [3.05, 3.63) is 181 Å². The van der Waals surface area contributed by atoms with E-state index in [2.05, 4.69) is 167 Å². The van der Waals surface area contributed by atoms with Crippen molar-refractivity contribution in [2.45, 2.75) is 12.3 Å². The lowest BCUT2D eigenvalue weighted by Gasteiger charge is -2.19. The van der Waals surface area contributed by atoms with Crippen LogP contribution in [-0.2, 0) is 0 Å². The highest BCUT2D eigenvalue weighted by Gasteiger charge is 2.20. The van der Waals surface area contributed by atoms with Gasteiger partial charge in [0.1, 0.15) is 0 Å². The van der Waals surface area contributed by atoms with Crippen molar-refractivity contribution < 1.29 is 0 Å². The van der Waals surface area contributed by atoms with Crippen LogP contribution in [0.25, 0.3) is 80.9 Å². The highest BCUT2D eigenvalue weighted by Crippen LogP contribution is 2.42. The molecule has 1 aliphatic carbocycles. The third-order valence-corrected chi connectivity index (χ3v) is 11.9. The molecule has 1 aliphatic rings. The molecule has 6 aromatic carbocycles. The van der Waals surface area contributed by atoms with Crippen LogP contribution in [0.15, 0.2) is 170 Å². The second-order valence-corrected chi connectivity index (χ2v) is 14.6. The zero-order valence-electron chi connectivity index (χ0n) is 27.7. The maximum absolute atomic E-state index is 4.95. The Kier molecular flexibility index (Phi) is 6.25. The van der Waals surface area contributed by atoms with Gasteiger partial charge in [-0.2, -0.15) is 0 Å². The number of fused-ring (bicyclic) bond motifs is 9. The van der Waals surface area contributed by atoms with Gasteiger partial charge in [-0.25, -0.2) is 0 Å². The fourth-order valence-electron chi connectivity index (χ4n) is 8.40. The minimum atomic E-state index is 0.280. The molecule has 51 heavy (non-hydrogen) atoms. The van der Waals surface area contributed by atoms with Gasteiger partial charge in [0, 0.05) is 59.8 Å². The van der Waals surface area contributed by atoms with Gasteiger partial charge in [0.05, 0.1) is 27.6 Å². The summed E-state index contributed by atoms with van der Waals surface area (Å²) in [7, 11) is 0. The summed E-state index contributed by atoms with van der Waals surface area (Å²) in [5, 5.41) is 6.36. The van der Waals surface area contributed by atoms with E-state index in [-0.39, 0.29) is 5.92 Å². The number of benzene rings is 6. The number of pyridine rings is 1. The lowest BCUT2D eigenvalue weighted by Crippen LogP contribution is -2.02. The maximum atomic E-state index is 4.95. The zero-order chi connectivity index (χ0) is 33.5. The van der Waals surface area contributed by atoms with Crippen molar-refractivity contribution in [3.63, 3.8) is 0 Å². The van der Waals surface area contributed by atoms with Gasteiger partial charge in [0.2, 0.25) is 0 Å². The molecule has 0 fully saturated rings. The van der Waals surface area contributed by atoms with Crippen LogP contribution >= 0.6 is 11.3 Å². The molecule has 4 heterocycles. The molecule has 10 aromatic rings. The summed E-state index contributed by atoms with van der Waals surface area (Å²) < 4.78 is 7.48. The van der Waals surface area contributed by atoms with Crippen LogP contribution in [0.2, 0.25) is 0 Å². The molecule has 4 aromatic heterocycles. The number of thiophene rings is 1. The number of hydrogen-bond donors (Lipinski definition) is 0. The first-order valence-electron chi connectivity index (χ1n) is 17.6. The Labute approximate surface area is 298 Å². The monoisotopic (exact) mass is 669 g/mol. The summed E-state index contributed by atoms with van der Waals surface area (Å²) in [6.45, 7) is 0. The van der Waals surface area contributed by atoms with E-state index >= 15 is 0 Å². The standard InChI is InChI=1S/C47H31N3S/c1-4-20-41-36(15-1)37-16-2-5-21-42(37)49(41)34-24-25-43-40(29-34)46-44(22-10-26-48-46)50(43)33-14-8-12-31(28-33)30-11-7-13-32(27-30)35-18-9-19-39-38-17-3-6-23-45(38)51-47(35)39/h1-10,12-30H,11H2. The fourth-order valence-corrected chi connectivity index (χ4v) is 9.64. The number of hydrogen-bond acceptors (Lipinski definition) is 2. The first-order valence-corrected chi connectivity index (χ1v) is 18.4. The average molecular weight is 670 g/mol. The molecule has 0 radical (unpaired) electrons. The van der Waals surface area contributed by atoms with Crippen molar-refractivity contribution in [1.29, 1.82) is 0 Å². The molecule has 0 saturated heterocycles. The third-order valence-electron chi connectivity index (χ3n) is 10.7. The Morgan fingerprint density at radius 2 is 1.24 bits per heavy atom. The van der Waals surface area contributed by atoms with Crippen LogP contribution in [-0.4, -0.2) is 14.1 Å². The third kappa shape index (κ3) is 4.33. The quantitative estimate of drug-likeness (QED) is 0.183. The molecular weight excluding hydrogens is 639 g/mol. The Hall–Kier alpha value is -6.23. The molecular formula is C47H31N3S. The van der Waals surface area contributed by atoms with Crippen molar-refractivity contribution in [2.24, 2.45) is 0 Å². The molecule has 0 amide bonds. The molecule has 0 N–H and O–H groups in total. The van der Waals surface area contributed by atoms with Crippen LogP contribution in [0.3, 0.4) is 0 Å². The molecule has 0 aliphatic heterocycles. The fraction of sp³-hybridized carbons (Fsp3) is 0.0426. The number of nitrogens with zero attached hydrogens (tertiary/aromatic N) is 3. The molecule has 3 nitrogen and oxygen atoms in total. The van der Waals surface area contributed by atoms with Gasteiger partial charge in [0.25, 0.3) is 0 Å². The minimum absolute atomic E-state index is 0.280. The number of allylic oxidation sites excluding steroid dienone is 4. The molecule has 0 saturated carbocycles. The Morgan fingerprint density at radius 3 is 2.10 bits per heavy atom. The van der Waals surface area contributed by atoms with Gasteiger partial charge in [-0.1, -0.05) is 103 Å². The largest absolute Gasteiger partial charge is 0.309 e. The number of aromatic nitrogens is 3. The van der Waals surface area contributed by atoms with Crippen molar-refractivity contribution in [1.82, 2.24) is 14.1 Å². The molecule has 1 unspecified atom stereocenters. The summed E-state index contributed by atoms with van der Waals surface area (Å²) in [6.07, 6.45) is 10.0. The predicted octanol–water partition coefficient (Wildman–Crippen LogP) is 12.8. The Balaban J connectivity index is 1.04. The molecule has 4 heteroatoms. The van der Waals surface area contributed by atoms with Gasteiger partial charge in [-0.05, 0) is 83.8 Å². The topological polar surface area (TPSA) is 22.8 Å². The van der Waals surface area contributed by atoms with Crippen LogP contribution in [0.5, 0.6) is 0 Å². The molecule has 0 spiro atoms. The Bertz CT molecular complexity index is 3020. The first-order chi connectivity index (χ1) is 25.3. The summed E-state index contributed by atoms with van der Waals surface area (Å²) >= 11 is 1.90. The van der Waals surface area contributed by atoms with Gasteiger partial charge in [-0.15, -0.1) is 11.3 Å². The van der Waals surface area contributed by atoms with E-state index in [4.69, 9.17) is 4.98 Å². The van der Waals surface area contributed by atoms with Gasteiger partial charge >= 0.3 is 0 Å². The second-order valence-electron chi connectivity index (χ2n) is 13.5. The van der Waals surface area contributed by atoms with E-state index in [1.165, 1.54) is 58.7 Å². The second kappa shape index (κ2) is 11.1. The summed E-state index contributed by atoms with van der Waals surface area (Å²) in [5.74, 6) is 0.280. The van der Waals surface area contributed by atoms with Gasteiger partial charge < -0.3 is 9.13 Å². The van der Waals surface area contributed by atoms with E-state index in [1.807, 2.05) is 23.6 Å². The smallest absolute Gasteiger partial charge is 0.0964 e. The van der Waals surface area contributed by atoms with Crippen molar-refractivity contribution >= 4 is 80.8 Å². The summed E-state index contributed by atoms with van der Waals surface area (Å²) in [5.41, 5.74) is 11.9. The van der Waals surface area contributed by atoms with Crippen LogP contribution in [0, 0.1) is 0 Å². The van der Waals surface area contributed by atoms with E-state index in [1.54, 1.807) is 0 Å². The highest BCUT2D eigenvalue weighted by molar-refractivity contribution is 7.26. The first kappa shape index (κ1) is 28.6. The highest BCUT2D eigenvalue weighted by atomic mass is 32.1. The van der Waals surface area contributed by atoms with Crippen LogP contribution < -0.4 is 0 Å².